The normalized spacial score (nSPS) is 16.6. The molecule has 4 aromatic heterocycles. The number of carbonyl (C=O) groups is 2. The fourth-order valence-corrected chi connectivity index (χ4v) is 6.17. The van der Waals surface area contributed by atoms with Gasteiger partial charge in [0.1, 0.15) is 42.3 Å². The standard InChI is InChI=1S/C17H16FN6O6P.C17H15FN6O3/c1-23-21-16(20-22-23)15-5-2-10(7-19-15)13-4-3-11(6-14(13)18)24-8-12(30-17(24)25)9-29-31(26,27)28;1-23-21-16(20-22-23)15-5-2-10(7-19-15)13-4-3-11(6-14(13)18)24-8-12(9-25)27-17(24)26/h2-7,12H,8-9H2,1H3,(H2,26,27,28);2-7,12,25H,8-9H2,1H3/p+1/t2*12-/m11/s1. The molecule has 21 nitrogen and oxygen atoms in total. The summed E-state index contributed by atoms with van der Waals surface area (Å²) in [7, 11) is -1.35. The van der Waals surface area contributed by atoms with Gasteiger partial charge in [-0.05, 0) is 64.1 Å². The maximum absolute atomic E-state index is 14.8. The molecule has 0 bridgehead atoms. The van der Waals surface area contributed by atoms with Gasteiger partial charge in [-0.1, -0.05) is 16.9 Å². The third-order valence-electron chi connectivity index (χ3n) is 8.57. The van der Waals surface area contributed by atoms with Crippen LogP contribution in [0.1, 0.15) is 0 Å². The minimum absolute atomic E-state index is 0.0397. The number of H-pyrrole nitrogens is 1. The summed E-state index contributed by atoms with van der Waals surface area (Å²) in [6.07, 6.45) is 0.142. The Hall–Kier alpha value is -6.65. The number of phosphoric ester groups is 1. The van der Waals surface area contributed by atoms with Crippen molar-refractivity contribution in [2.75, 3.05) is 36.1 Å². The van der Waals surface area contributed by atoms with E-state index in [2.05, 4.69) is 45.3 Å². The van der Waals surface area contributed by atoms with Gasteiger partial charge in [-0.2, -0.15) is 4.80 Å². The molecule has 300 valence electrons. The van der Waals surface area contributed by atoms with Crippen LogP contribution in [0.3, 0.4) is 0 Å². The number of aryl methyl sites for hydroxylation is 2. The Kier molecular flexibility index (Phi) is 11.2. The maximum atomic E-state index is 14.8. The van der Waals surface area contributed by atoms with E-state index in [-0.39, 0.29) is 30.9 Å². The number of nitrogens with zero attached hydrogens (tertiary/aromatic N) is 11. The summed E-state index contributed by atoms with van der Waals surface area (Å²) in [4.78, 5) is 55.1. The van der Waals surface area contributed by atoms with Gasteiger partial charge in [0.05, 0.1) is 49.8 Å². The van der Waals surface area contributed by atoms with Crippen LogP contribution in [0.5, 0.6) is 0 Å². The van der Waals surface area contributed by atoms with E-state index in [9.17, 15) is 22.9 Å². The predicted molar refractivity (Wildman–Crippen MR) is 194 cm³/mol. The Morgan fingerprint density at radius 2 is 1.41 bits per heavy atom. The summed E-state index contributed by atoms with van der Waals surface area (Å²) in [5, 5.41) is 31.5. The number of amides is 2. The molecule has 2 atom stereocenters. The number of aromatic amines is 1. The number of phosphoric acid groups is 1. The lowest BCUT2D eigenvalue weighted by Gasteiger charge is -2.14. The van der Waals surface area contributed by atoms with Crippen LogP contribution < -0.4 is 14.6 Å². The quantitative estimate of drug-likeness (QED) is 0.114. The average molecular weight is 822 g/mol. The van der Waals surface area contributed by atoms with E-state index in [1.54, 1.807) is 50.5 Å². The van der Waals surface area contributed by atoms with Gasteiger partial charge < -0.3 is 24.4 Å². The number of halogens is 2. The van der Waals surface area contributed by atoms with E-state index in [4.69, 9.17) is 24.4 Å². The maximum Gasteiger partial charge on any atom is 0.469 e. The molecule has 0 radical (unpaired) electrons. The van der Waals surface area contributed by atoms with Crippen molar-refractivity contribution in [3.8, 4) is 45.3 Å². The fraction of sp³-hybridized carbons (Fsp3) is 0.235. The highest BCUT2D eigenvalue weighted by atomic mass is 31.2. The molecule has 0 aliphatic carbocycles. The molecule has 2 aliphatic rings. The summed E-state index contributed by atoms with van der Waals surface area (Å²) in [5.41, 5.74) is 3.36. The number of cyclic esters (lactones) is 2. The Bertz CT molecular complexity index is 2500. The third kappa shape index (κ3) is 8.98. The Balaban J connectivity index is 0.000000178. The number of hydrogen-bond donors (Lipinski definition) is 4. The Labute approximate surface area is 325 Å². The van der Waals surface area contributed by atoms with Crippen LogP contribution in [-0.4, -0.2) is 111 Å². The lowest BCUT2D eigenvalue weighted by atomic mass is 10.1. The molecule has 0 spiro atoms. The summed E-state index contributed by atoms with van der Waals surface area (Å²) in [6.45, 7) is -0.618. The zero-order valence-corrected chi connectivity index (χ0v) is 31.2. The number of aliphatic hydroxyl groups excluding tert-OH is 1. The fourth-order valence-electron chi connectivity index (χ4n) is 5.81. The number of ether oxygens (including phenoxy) is 2. The molecule has 24 heteroatoms. The summed E-state index contributed by atoms with van der Waals surface area (Å²) >= 11 is 0. The van der Waals surface area contributed by atoms with E-state index >= 15 is 0 Å². The molecule has 2 saturated heterocycles. The highest BCUT2D eigenvalue weighted by molar-refractivity contribution is 7.46. The van der Waals surface area contributed by atoms with E-state index in [0.29, 0.717) is 45.4 Å². The van der Waals surface area contributed by atoms with Gasteiger partial charge in [-0.15, -0.1) is 10.2 Å². The molecular formula is C34H32F2N12O9P+. The van der Waals surface area contributed by atoms with Crippen molar-refractivity contribution in [1.82, 2.24) is 45.6 Å². The van der Waals surface area contributed by atoms with E-state index < -0.39 is 50.5 Å². The largest absolute Gasteiger partial charge is 0.469 e. The Morgan fingerprint density at radius 3 is 1.84 bits per heavy atom. The predicted octanol–water partition coefficient (Wildman–Crippen LogP) is 2.33. The molecule has 6 heterocycles. The number of aliphatic hydroxyl groups is 1. The number of benzene rings is 2. The van der Waals surface area contributed by atoms with Gasteiger partial charge >= 0.3 is 25.8 Å². The number of rotatable bonds is 10. The molecule has 2 fully saturated rings. The number of carbonyl (C=O) groups excluding carboxylic acids is 2. The first-order chi connectivity index (χ1) is 27.7. The molecule has 2 aliphatic heterocycles. The van der Waals surface area contributed by atoms with Gasteiger partial charge in [0.15, 0.2) is 0 Å². The molecule has 2 amide bonds. The van der Waals surface area contributed by atoms with Crippen LogP contribution >= 0.6 is 7.82 Å². The highest BCUT2D eigenvalue weighted by Gasteiger charge is 2.35. The molecule has 2 aromatic carbocycles. The van der Waals surface area contributed by atoms with Crippen molar-refractivity contribution in [1.29, 1.82) is 0 Å². The zero-order chi connectivity index (χ0) is 41.1. The van der Waals surface area contributed by atoms with Crippen molar-refractivity contribution in [2.24, 2.45) is 14.1 Å². The highest BCUT2D eigenvalue weighted by Crippen LogP contribution is 2.37. The first kappa shape index (κ1) is 39.6. The van der Waals surface area contributed by atoms with Crippen LogP contribution in [0.4, 0.5) is 29.7 Å². The lowest BCUT2D eigenvalue weighted by molar-refractivity contribution is -0.783. The number of hydrogen-bond acceptors (Lipinski definition) is 14. The second kappa shape index (κ2) is 16.4. The first-order valence-corrected chi connectivity index (χ1v) is 18.6. The molecule has 8 rings (SSSR count). The summed E-state index contributed by atoms with van der Waals surface area (Å²) < 4.78 is 54.5. The third-order valence-corrected chi connectivity index (χ3v) is 9.06. The number of aromatic nitrogens is 10. The number of tetrazole rings is 2. The summed E-state index contributed by atoms with van der Waals surface area (Å²) in [6, 6.07) is 15.4. The minimum Gasteiger partial charge on any atom is -0.441 e. The van der Waals surface area contributed by atoms with Crippen LogP contribution in [0, 0.1) is 11.6 Å². The SMILES string of the molecule is C[n+]1nc(-c2ccc(-c3ccc(N4C[C@H](COP(=O)(O)O)OC4=O)cc3F)cn2)n[nH]1.Cn1nnc(-c2ccc(-c3ccc(N4C[C@H](CO)OC4=O)cc3F)cn2)n1. The topological polar surface area (TPSA) is 261 Å². The van der Waals surface area contributed by atoms with E-state index in [1.807, 2.05) is 0 Å². The van der Waals surface area contributed by atoms with Crippen molar-refractivity contribution in [3.63, 3.8) is 0 Å². The van der Waals surface area contributed by atoms with Gasteiger partial charge in [0, 0.05) is 34.6 Å². The number of nitrogens with one attached hydrogen (secondary N) is 1. The molecule has 4 N–H and O–H groups in total. The van der Waals surface area contributed by atoms with Crippen LogP contribution in [0.2, 0.25) is 0 Å². The molecule has 58 heavy (non-hydrogen) atoms. The van der Waals surface area contributed by atoms with Crippen LogP contribution in [0.25, 0.3) is 45.3 Å². The summed E-state index contributed by atoms with van der Waals surface area (Å²) in [5.74, 6) is -0.306. The first-order valence-electron chi connectivity index (χ1n) is 17.1. The van der Waals surface area contributed by atoms with Gasteiger partial charge in [0.25, 0.3) is 0 Å². The van der Waals surface area contributed by atoms with E-state index in [0.717, 1.165) is 4.90 Å². The Morgan fingerprint density at radius 1 is 0.862 bits per heavy atom. The van der Waals surface area contributed by atoms with Gasteiger partial charge in [0.2, 0.25) is 5.82 Å². The van der Waals surface area contributed by atoms with E-state index in [1.165, 1.54) is 51.2 Å². The monoisotopic (exact) mass is 821 g/mol. The molecule has 6 aromatic rings. The minimum atomic E-state index is -4.69. The average Bonchev–Trinajstić information content (AvgIpc) is 4.01. The van der Waals surface area contributed by atoms with Crippen molar-refractivity contribution in [2.45, 2.75) is 12.2 Å². The van der Waals surface area contributed by atoms with Gasteiger partial charge in [-0.3, -0.25) is 19.3 Å². The lowest BCUT2D eigenvalue weighted by Crippen LogP contribution is -2.33. The molecule has 0 unspecified atom stereocenters. The van der Waals surface area contributed by atoms with Crippen molar-refractivity contribution < 1.29 is 56.6 Å². The number of anilines is 2. The van der Waals surface area contributed by atoms with Crippen LogP contribution in [-0.2, 0) is 32.7 Å². The van der Waals surface area contributed by atoms with Crippen LogP contribution in [0.15, 0.2) is 73.1 Å². The second-order valence-electron chi connectivity index (χ2n) is 12.7. The van der Waals surface area contributed by atoms with Crippen molar-refractivity contribution in [3.05, 3.63) is 84.7 Å². The number of pyridine rings is 2. The van der Waals surface area contributed by atoms with Gasteiger partial charge in [-0.25, -0.2) is 27.9 Å². The second-order valence-corrected chi connectivity index (χ2v) is 13.9. The molecular weight excluding hydrogens is 789 g/mol. The smallest absolute Gasteiger partial charge is 0.441 e. The van der Waals surface area contributed by atoms with Crippen molar-refractivity contribution >= 4 is 31.4 Å². The molecule has 0 saturated carbocycles. The zero-order valence-electron chi connectivity index (χ0n) is 30.3.